The molecule has 0 aromatic heterocycles. The topological polar surface area (TPSA) is 92.8 Å². The van der Waals surface area contributed by atoms with Crippen molar-refractivity contribution in [2.45, 2.75) is 6.04 Å². The highest BCUT2D eigenvalue weighted by Crippen LogP contribution is 2.02. The standard InChI is InChI=1S/C5H4N2O4/c8-3-1-2-6-5(9)4(3)7(10)11/h1-2,4H,(H,6,9). The minimum Gasteiger partial charge on any atom is -0.491 e. The number of aliphatic imine (C=N–C) groups is 1. The molecule has 0 aromatic rings. The number of carbonyl (C=O) groups is 1. The normalized spacial score (nSPS) is 23.1. The Morgan fingerprint density at radius 1 is 1.73 bits per heavy atom. The summed E-state index contributed by atoms with van der Waals surface area (Å²) in [5.74, 6) is -1.52. The molecular weight excluding hydrogens is 152 g/mol. The highest BCUT2D eigenvalue weighted by molar-refractivity contribution is 6.10. The van der Waals surface area contributed by atoms with Gasteiger partial charge in [0.15, 0.2) is 0 Å². The van der Waals surface area contributed by atoms with Gasteiger partial charge < -0.3 is 5.11 Å². The summed E-state index contributed by atoms with van der Waals surface area (Å²) in [4.78, 5) is 23.1. The van der Waals surface area contributed by atoms with Crippen LogP contribution >= 0.6 is 0 Å². The zero-order chi connectivity index (χ0) is 8.43. The highest BCUT2D eigenvalue weighted by atomic mass is 16.6. The van der Waals surface area contributed by atoms with E-state index in [2.05, 4.69) is 4.99 Å². The van der Waals surface area contributed by atoms with Crippen LogP contribution in [0.2, 0.25) is 0 Å². The third-order valence-electron chi connectivity index (χ3n) is 1.17. The van der Waals surface area contributed by atoms with Crippen LogP contribution in [0.5, 0.6) is 0 Å². The van der Waals surface area contributed by atoms with Gasteiger partial charge in [-0.15, -0.1) is 0 Å². The lowest BCUT2D eigenvalue weighted by Crippen LogP contribution is -2.37. The molecule has 1 heterocycles. The van der Waals surface area contributed by atoms with Crippen molar-refractivity contribution in [3.63, 3.8) is 0 Å². The van der Waals surface area contributed by atoms with Crippen LogP contribution in [0.15, 0.2) is 17.3 Å². The summed E-state index contributed by atoms with van der Waals surface area (Å²) in [5, 5.41) is 18.8. The predicted molar refractivity (Wildman–Crippen MR) is 35.0 cm³/mol. The highest BCUT2D eigenvalue weighted by Gasteiger charge is 2.35. The maximum absolute atomic E-state index is 10.7. The number of hydrogen-bond acceptors (Lipinski definition) is 4. The summed E-state index contributed by atoms with van der Waals surface area (Å²) in [6.45, 7) is 0. The lowest BCUT2D eigenvalue weighted by Gasteiger charge is -2.05. The second kappa shape index (κ2) is 2.49. The minimum atomic E-state index is -1.71. The van der Waals surface area contributed by atoms with E-state index in [-0.39, 0.29) is 0 Å². The van der Waals surface area contributed by atoms with Crippen LogP contribution in [0.25, 0.3) is 0 Å². The molecule has 1 aliphatic rings. The van der Waals surface area contributed by atoms with Gasteiger partial charge in [-0.25, -0.2) is 4.99 Å². The van der Waals surface area contributed by atoms with Crippen LogP contribution in [-0.2, 0) is 4.79 Å². The molecule has 1 N–H and O–H groups in total. The van der Waals surface area contributed by atoms with Crippen LogP contribution < -0.4 is 0 Å². The Bertz CT molecular complexity index is 268. The van der Waals surface area contributed by atoms with Gasteiger partial charge in [-0.3, -0.25) is 14.9 Å². The van der Waals surface area contributed by atoms with Crippen molar-refractivity contribution in [2.24, 2.45) is 4.99 Å². The number of carbonyl (C=O) groups excluding carboxylic acids is 1. The van der Waals surface area contributed by atoms with E-state index in [1.807, 2.05) is 0 Å². The van der Waals surface area contributed by atoms with Gasteiger partial charge in [-0.1, -0.05) is 0 Å². The molecule has 6 nitrogen and oxygen atoms in total. The molecule has 0 aromatic carbocycles. The molecule has 1 unspecified atom stereocenters. The smallest absolute Gasteiger partial charge is 0.347 e. The maximum Gasteiger partial charge on any atom is 0.347 e. The van der Waals surface area contributed by atoms with E-state index in [0.717, 1.165) is 12.3 Å². The fourth-order valence-corrected chi connectivity index (χ4v) is 0.674. The number of nitrogens with zero attached hydrogens (tertiary/aromatic N) is 2. The van der Waals surface area contributed by atoms with Crippen LogP contribution in [0, 0.1) is 10.1 Å². The summed E-state index contributed by atoms with van der Waals surface area (Å²) >= 11 is 0. The van der Waals surface area contributed by atoms with Crippen LogP contribution in [-0.4, -0.2) is 27.8 Å². The molecule has 0 spiro atoms. The second-order valence-electron chi connectivity index (χ2n) is 1.89. The fraction of sp³-hybridized carbons (Fsp3) is 0.200. The average molecular weight is 156 g/mol. The van der Waals surface area contributed by atoms with Gasteiger partial charge in [0.2, 0.25) is 5.78 Å². The van der Waals surface area contributed by atoms with Crippen molar-refractivity contribution in [3.05, 3.63) is 22.4 Å². The van der Waals surface area contributed by atoms with Crippen molar-refractivity contribution >= 4 is 11.7 Å². The molecule has 58 valence electrons. The Morgan fingerprint density at radius 3 is 2.73 bits per heavy atom. The first-order chi connectivity index (χ1) is 5.13. The van der Waals surface area contributed by atoms with E-state index >= 15 is 0 Å². The molecule has 1 rings (SSSR count). The van der Waals surface area contributed by atoms with Crippen molar-refractivity contribution in [1.29, 1.82) is 0 Å². The largest absolute Gasteiger partial charge is 0.491 e. The first-order valence-corrected chi connectivity index (χ1v) is 2.73. The van der Waals surface area contributed by atoms with E-state index in [0.29, 0.717) is 0 Å². The lowest BCUT2D eigenvalue weighted by atomic mass is 10.1. The van der Waals surface area contributed by atoms with E-state index in [4.69, 9.17) is 5.11 Å². The zero-order valence-electron chi connectivity index (χ0n) is 5.30. The summed E-state index contributed by atoms with van der Waals surface area (Å²) in [5.41, 5.74) is 0. The predicted octanol–water partition coefficient (Wildman–Crippen LogP) is -0.315. The molecule has 0 amide bonds. The third-order valence-corrected chi connectivity index (χ3v) is 1.17. The molecule has 0 radical (unpaired) electrons. The van der Waals surface area contributed by atoms with E-state index in [1.54, 1.807) is 0 Å². The molecule has 0 saturated carbocycles. The van der Waals surface area contributed by atoms with Gasteiger partial charge in [-0.05, 0) is 0 Å². The fourth-order valence-electron chi connectivity index (χ4n) is 0.674. The average Bonchev–Trinajstić information content (AvgIpc) is 1.85. The van der Waals surface area contributed by atoms with Crippen molar-refractivity contribution in [2.75, 3.05) is 0 Å². The van der Waals surface area contributed by atoms with E-state index in [1.165, 1.54) is 0 Å². The van der Waals surface area contributed by atoms with Gasteiger partial charge in [0, 0.05) is 17.2 Å². The van der Waals surface area contributed by atoms with Gasteiger partial charge in [0.25, 0.3) is 5.90 Å². The Balaban J connectivity index is 2.95. The van der Waals surface area contributed by atoms with Crippen molar-refractivity contribution in [3.8, 4) is 0 Å². The Labute approximate surface area is 61.0 Å². The molecule has 0 fully saturated rings. The quantitative estimate of drug-likeness (QED) is 0.416. The summed E-state index contributed by atoms with van der Waals surface area (Å²) in [6, 6.07) is -1.71. The van der Waals surface area contributed by atoms with Crippen LogP contribution in [0.3, 0.4) is 0 Å². The molecule has 0 bridgehead atoms. The minimum absolute atomic E-state index is 0.762. The summed E-state index contributed by atoms with van der Waals surface area (Å²) in [7, 11) is 0. The van der Waals surface area contributed by atoms with Crippen molar-refractivity contribution < 1.29 is 14.8 Å². The first kappa shape index (κ1) is 7.39. The Kier molecular flexibility index (Phi) is 1.67. The third kappa shape index (κ3) is 1.23. The van der Waals surface area contributed by atoms with Crippen molar-refractivity contribution in [1.82, 2.24) is 0 Å². The van der Waals surface area contributed by atoms with E-state index < -0.39 is 22.6 Å². The summed E-state index contributed by atoms with van der Waals surface area (Å²) in [6.07, 6.45) is 1.98. The molecular formula is C5H4N2O4. The molecule has 1 atom stereocenters. The van der Waals surface area contributed by atoms with Crippen LogP contribution in [0.4, 0.5) is 0 Å². The zero-order valence-corrected chi connectivity index (χ0v) is 5.30. The SMILES string of the molecule is O=C1C=CN=C(O)C1[N+](=O)[O-]. The van der Waals surface area contributed by atoms with Crippen LogP contribution in [0.1, 0.15) is 0 Å². The number of aliphatic hydroxyl groups is 1. The van der Waals surface area contributed by atoms with Gasteiger partial charge in [-0.2, -0.15) is 0 Å². The van der Waals surface area contributed by atoms with Gasteiger partial charge >= 0.3 is 6.04 Å². The molecule has 0 aliphatic carbocycles. The molecule has 0 saturated heterocycles. The maximum atomic E-state index is 10.7. The number of ketones is 1. The molecule has 11 heavy (non-hydrogen) atoms. The Hall–Kier alpha value is -1.72. The summed E-state index contributed by atoms with van der Waals surface area (Å²) < 4.78 is 0. The first-order valence-electron chi connectivity index (χ1n) is 2.73. The lowest BCUT2D eigenvalue weighted by molar-refractivity contribution is -0.490. The second-order valence-corrected chi connectivity index (χ2v) is 1.89. The molecule has 6 heteroatoms. The number of rotatable bonds is 1. The van der Waals surface area contributed by atoms with Gasteiger partial charge in [0.05, 0.1) is 0 Å². The number of aliphatic hydroxyl groups excluding tert-OH is 1. The monoisotopic (exact) mass is 156 g/mol. The van der Waals surface area contributed by atoms with E-state index in [9.17, 15) is 14.9 Å². The Morgan fingerprint density at radius 2 is 2.36 bits per heavy atom. The van der Waals surface area contributed by atoms with Gasteiger partial charge in [0.1, 0.15) is 0 Å². The molecule has 1 aliphatic heterocycles. The number of nitro groups is 1. The number of hydrogen-bond donors (Lipinski definition) is 1.